The van der Waals surface area contributed by atoms with Gasteiger partial charge in [-0.1, -0.05) is 78.8 Å². The van der Waals surface area contributed by atoms with Crippen LogP contribution in [-0.4, -0.2) is 17.6 Å². The molecule has 1 amide bonds. The molecule has 0 radical (unpaired) electrons. The molecule has 4 aromatic rings. The van der Waals surface area contributed by atoms with Crippen LogP contribution in [-0.2, 0) is 5.41 Å². The first-order valence-electron chi connectivity index (χ1n) is 14.1. The van der Waals surface area contributed by atoms with E-state index in [0.29, 0.717) is 51.9 Å². The fraction of sp³-hybridized carbons (Fsp3) is 0.343. The van der Waals surface area contributed by atoms with E-state index in [1.807, 2.05) is 30.3 Å². The third-order valence-corrected chi connectivity index (χ3v) is 6.88. The van der Waals surface area contributed by atoms with E-state index < -0.39 is 5.91 Å². The maximum absolute atomic E-state index is 13.8. The summed E-state index contributed by atoms with van der Waals surface area (Å²) in [6.45, 7) is 15.8. The molecule has 0 bridgehead atoms. The number of nitrogens with two attached hydrogens (primary N) is 1. The minimum absolute atomic E-state index is 0.100. The third-order valence-electron chi connectivity index (χ3n) is 6.88. The van der Waals surface area contributed by atoms with Crippen molar-refractivity contribution in [3.05, 3.63) is 83.9 Å². The van der Waals surface area contributed by atoms with Crippen LogP contribution in [0.5, 0.6) is 23.0 Å². The average Bonchev–Trinajstić information content (AvgIpc) is 2.89. The average molecular weight is 555 g/mol. The van der Waals surface area contributed by atoms with Crippen LogP contribution in [0.25, 0.3) is 10.8 Å². The molecule has 0 spiro atoms. The molecule has 0 aliphatic carbocycles. The van der Waals surface area contributed by atoms with E-state index in [9.17, 15) is 9.90 Å². The molecule has 0 fully saturated rings. The Labute approximate surface area is 243 Å². The van der Waals surface area contributed by atoms with Crippen molar-refractivity contribution in [2.45, 2.75) is 60.3 Å². The number of phenolic OH excluding ortho intramolecular Hbond substituents is 1. The number of carbonyl (C=O) groups excluding carboxylic acids is 1. The van der Waals surface area contributed by atoms with E-state index >= 15 is 0 Å². The quantitative estimate of drug-likeness (QED) is 0.180. The van der Waals surface area contributed by atoms with Gasteiger partial charge < -0.3 is 25.6 Å². The SMILES string of the molecule is CC(C)COc1ccc(C(C)(C)CC(C)(C)C)cc1NC(=O)c1cc(Oc2ccc(N)cc2)c2ccccc2c1O. The molecule has 0 atom stereocenters. The van der Waals surface area contributed by atoms with Crippen molar-refractivity contribution in [3.8, 4) is 23.0 Å². The van der Waals surface area contributed by atoms with E-state index in [4.69, 9.17) is 15.2 Å². The Balaban J connectivity index is 1.75. The molecule has 4 aromatic carbocycles. The highest BCUT2D eigenvalue weighted by Crippen LogP contribution is 2.41. The Morgan fingerprint density at radius 2 is 1.56 bits per heavy atom. The number of rotatable bonds is 9. The maximum Gasteiger partial charge on any atom is 0.259 e. The van der Waals surface area contributed by atoms with Gasteiger partial charge in [0.15, 0.2) is 0 Å². The molecule has 0 saturated carbocycles. The Hall–Kier alpha value is -4.19. The number of hydrogen-bond donors (Lipinski definition) is 3. The van der Waals surface area contributed by atoms with Crippen molar-refractivity contribution in [1.82, 2.24) is 0 Å². The minimum Gasteiger partial charge on any atom is -0.506 e. The van der Waals surface area contributed by atoms with Gasteiger partial charge in [-0.2, -0.15) is 0 Å². The van der Waals surface area contributed by atoms with Gasteiger partial charge in [0.1, 0.15) is 23.0 Å². The first-order chi connectivity index (χ1) is 19.2. The lowest BCUT2D eigenvalue weighted by Crippen LogP contribution is -2.25. The third kappa shape index (κ3) is 7.31. The number of phenols is 1. The highest BCUT2D eigenvalue weighted by Gasteiger charge is 2.28. The first-order valence-corrected chi connectivity index (χ1v) is 14.1. The highest BCUT2D eigenvalue weighted by molar-refractivity contribution is 6.11. The van der Waals surface area contributed by atoms with Gasteiger partial charge in [-0.3, -0.25) is 4.79 Å². The lowest BCUT2D eigenvalue weighted by molar-refractivity contribution is 0.102. The minimum atomic E-state index is -0.462. The molecule has 6 nitrogen and oxygen atoms in total. The molecule has 0 heterocycles. The maximum atomic E-state index is 13.8. The Kier molecular flexibility index (Phi) is 8.52. The predicted molar refractivity (Wildman–Crippen MR) is 168 cm³/mol. The summed E-state index contributed by atoms with van der Waals surface area (Å²) in [6.07, 6.45) is 0.955. The van der Waals surface area contributed by atoms with Gasteiger partial charge in [0.2, 0.25) is 0 Å². The van der Waals surface area contributed by atoms with Crippen LogP contribution in [0.4, 0.5) is 11.4 Å². The van der Waals surface area contributed by atoms with Crippen LogP contribution in [0.1, 0.15) is 70.8 Å². The largest absolute Gasteiger partial charge is 0.506 e. The molecule has 41 heavy (non-hydrogen) atoms. The number of hydrogen-bond acceptors (Lipinski definition) is 5. The summed E-state index contributed by atoms with van der Waals surface area (Å²) < 4.78 is 12.3. The van der Waals surface area contributed by atoms with Crippen LogP contribution in [0.2, 0.25) is 0 Å². The van der Waals surface area contributed by atoms with Gasteiger partial charge in [0.25, 0.3) is 5.91 Å². The number of carbonyl (C=O) groups is 1. The van der Waals surface area contributed by atoms with Crippen LogP contribution in [0, 0.1) is 11.3 Å². The standard InChI is InChI=1S/C35H42N2O4/c1-22(2)20-40-30-17-12-23(35(6,7)21-34(3,4)5)18-29(30)37-33(39)28-19-31(41-25-15-13-24(36)14-16-25)26-10-8-9-11-27(26)32(28)38/h8-19,22,38H,20-21,36H2,1-7H3,(H,37,39). The van der Waals surface area contributed by atoms with Gasteiger partial charge in [-0.25, -0.2) is 0 Å². The van der Waals surface area contributed by atoms with Crippen LogP contribution in [0.3, 0.4) is 0 Å². The van der Waals surface area contributed by atoms with Crippen LogP contribution in [0.15, 0.2) is 72.8 Å². The van der Waals surface area contributed by atoms with Gasteiger partial charge in [0.05, 0.1) is 17.9 Å². The van der Waals surface area contributed by atoms with Gasteiger partial charge in [0, 0.05) is 16.5 Å². The number of benzene rings is 4. The summed E-state index contributed by atoms with van der Waals surface area (Å²) in [5.74, 6) is 1.34. The second kappa shape index (κ2) is 11.7. The molecule has 0 aliphatic heterocycles. The fourth-order valence-corrected chi connectivity index (χ4v) is 5.30. The second-order valence-corrected chi connectivity index (χ2v) is 13.0. The monoisotopic (exact) mass is 554 g/mol. The molecular weight excluding hydrogens is 512 g/mol. The first kappa shape index (κ1) is 29.8. The number of amides is 1. The van der Waals surface area contributed by atoms with Gasteiger partial charge in [-0.05, 0) is 71.2 Å². The molecule has 0 aromatic heterocycles. The van der Waals surface area contributed by atoms with E-state index in [0.717, 1.165) is 12.0 Å². The predicted octanol–water partition coefficient (Wildman–Crippen LogP) is 8.92. The number of anilines is 2. The van der Waals surface area contributed by atoms with Crippen molar-refractivity contribution < 1.29 is 19.4 Å². The van der Waals surface area contributed by atoms with Crippen molar-refractivity contribution >= 4 is 28.1 Å². The zero-order chi connectivity index (χ0) is 29.9. The van der Waals surface area contributed by atoms with Crippen molar-refractivity contribution in [1.29, 1.82) is 0 Å². The van der Waals surface area contributed by atoms with Crippen molar-refractivity contribution in [2.24, 2.45) is 11.3 Å². The lowest BCUT2D eigenvalue weighted by atomic mass is 9.72. The van der Waals surface area contributed by atoms with Gasteiger partial charge in [-0.15, -0.1) is 0 Å². The second-order valence-electron chi connectivity index (χ2n) is 13.0. The number of nitrogens with one attached hydrogen (secondary N) is 1. The summed E-state index contributed by atoms with van der Waals surface area (Å²) in [5.41, 5.74) is 8.19. The number of nitrogen functional groups attached to an aromatic ring is 1. The Morgan fingerprint density at radius 1 is 0.902 bits per heavy atom. The number of ether oxygens (including phenoxy) is 2. The molecule has 0 saturated heterocycles. The summed E-state index contributed by atoms with van der Waals surface area (Å²) in [4.78, 5) is 13.8. The van der Waals surface area contributed by atoms with E-state index in [1.165, 1.54) is 0 Å². The molecule has 0 aliphatic rings. The van der Waals surface area contributed by atoms with Crippen molar-refractivity contribution in [2.75, 3.05) is 17.7 Å². The van der Waals surface area contributed by atoms with E-state index in [1.54, 1.807) is 36.4 Å². The van der Waals surface area contributed by atoms with E-state index in [-0.39, 0.29) is 22.1 Å². The van der Waals surface area contributed by atoms with Crippen LogP contribution >= 0.6 is 0 Å². The number of fused-ring (bicyclic) bond motifs is 1. The molecular formula is C35H42N2O4. The number of aromatic hydroxyl groups is 1. The Bertz CT molecular complexity index is 1530. The molecule has 4 N–H and O–H groups in total. The fourth-order valence-electron chi connectivity index (χ4n) is 5.30. The molecule has 0 unspecified atom stereocenters. The molecule has 216 valence electrons. The Morgan fingerprint density at radius 3 is 2.20 bits per heavy atom. The highest BCUT2D eigenvalue weighted by atomic mass is 16.5. The smallest absolute Gasteiger partial charge is 0.259 e. The normalized spacial score (nSPS) is 12.0. The summed E-state index contributed by atoms with van der Waals surface area (Å²) in [7, 11) is 0. The van der Waals surface area contributed by atoms with Crippen LogP contribution < -0.4 is 20.5 Å². The van der Waals surface area contributed by atoms with Crippen molar-refractivity contribution in [3.63, 3.8) is 0 Å². The van der Waals surface area contributed by atoms with Gasteiger partial charge >= 0.3 is 0 Å². The molecule has 4 rings (SSSR count). The zero-order valence-corrected chi connectivity index (χ0v) is 25.2. The summed E-state index contributed by atoms with van der Waals surface area (Å²) >= 11 is 0. The van der Waals surface area contributed by atoms with E-state index in [2.05, 4.69) is 59.8 Å². The summed E-state index contributed by atoms with van der Waals surface area (Å²) in [5, 5.41) is 15.5. The topological polar surface area (TPSA) is 93.8 Å². The molecule has 6 heteroatoms. The summed E-state index contributed by atoms with van der Waals surface area (Å²) in [6, 6.07) is 21.9. The zero-order valence-electron chi connectivity index (χ0n) is 25.2. The lowest BCUT2D eigenvalue weighted by Gasteiger charge is -2.33.